The normalized spacial score (nSPS) is 30.2. The number of amides is 2. The molecule has 3 aliphatic carbocycles. The van der Waals surface area contributed by atoms with Gasteiger partial charge in [-0.25, -0.2) is 9.37 Å². The van der Waals surface area contributed by atoms with E-state index in [0.29, 0.717) is 31.4 Å². The largest absolute Gasteiger partial charge is 0.390 e. The van der Waals surface area contributed by atoms with Gasteiger partial charge >= 0.3 is 0 Å². The zero-order chi connectivity index (χ0) is 21.3. The van der Waals surface area contributed by atoms with Gasteiger partial charge in [0.15, 0.2) is 11.6 Å². The van der Waals surface area contributed by atoms with E-state index in [1.165, 1.54) is 17.2 Å². The molecule has 2 bridgehead atoms. The summed E-state index contributed by atoms with van der Waals surface area (Å²) < 4.78 is 14.6. The second-order valence-electron chi connectivity index (χ2n) is 9.27. The first-order chi connectivity index (χ1) is 14.2. The number of aliphatic hydroxyl groups is 1. The molecule has 2 heterocycles. The highest BCUT2D eigenvalue weighted by atomic mass is 19.1. The number of anilines is 1. The Morgan fingerprint density at radius 1 is 1.13 bits per heavy atom. The zero-order valence-corrected chi connectivity index (χ0v) is 17.1. The van der Waals surface area contributed by atoms with Crippen LogP contribution >= 0.6 is 0 Å². The number of aryl methyl sites for hydroxylation is 2. The number of hydrogen-bond acceptors (Lipinski definition) is 4. The van der Waals surface area contributed by atoms with Crippen molar-refractivity contribution in [2.45, 2.75) is 51.3 Å². The molecule has 0 spiro atoms. The number of rotatable bonds is 4. The van der Waals surface area contributed by atoms with Gasteiger partial charge in [-0.05, 0) is 50.3 Å². The van der Waals surface area contributed by atoms with Crippen molar-refractivity contribution in [3.63, 3.8) is 0 Å². The minimum atomic E-state index is -0.725. The number of halogens is 1. The molecule has 4 aliphatic rings. The summed E-state index contributed by atoms with van der Waals surface area (Å²) in [7, 11) is 0. The Morgan fingerprint density at radius 3 is 2.40 bits per heavy atom. The van der Waals surface area contributed by atoms with Crippen LogP contribution in [0.4, 0.5) is 10.2 Å². The van der Waals surface area contributed by atoms with E-state index in [2.05, 4.69) is 4.98 Å². The average molecular weight is 409 g/mol. The molecule has 1 N–H and O–H groups in total. The van der Waals surface area contributed by atoms with Crippen LogP contribution in [0.15, 0.2) is 36.5 Å². The van der Waals surface area contributed by atoms with E-state index >= 15 is 0 Å². The van der Waals surface area contributed by atoms with Crippen molar-refractivity contribution in [2.75, 3.05) is 11.4 Å². The smallest absolute Gasteiger partial charge is 0.252 e. The molecule has 6 nitrogen and oxygen atoms in total. The first-order valence-corrected chi connectivity index (χ1v) is 10.2. The van der Waals surface area contributed by atoms with Gasteiger partial charge < -0.3 is 10.0 Å². The number of piperazine rings is 1. The number of benzene rings is 1. The Labute approximate surface area is 174 Å². The predicted octanol–water partition coefficient (Wildman–Crippen LogP) is 2.50. The first kappa shape index (κ1) is 19.2. The Kier molecular flexibility index (Phi) is 4.06. The Bertz CT molecular complexity index is 1030. The molecule has 0 radical (unpaired) electrons. The molecule has 30 heavy (non-hydrogen) atoms. The van der Waals surface area contributed by atoms with Gasteiger partial charge in [-0.15, -0.1) is 0 Å². The fourth-order valence-electron chi connectivity index (χ4n) is 5.40. The standard InChI is InChI=1S/C23H24FN3O3/c1-14-3-5-16(6-4-14)9-26-18(28)10-27(20-17(24)7-15(2)8-25-20)21(29)19(26)22-11-23(30,12-22)13-22/h3-8,19,30H,9-13H2,1-2H3. The Balaban J connectivity index is 1.50. The summed E-state index contributed by atoms with van der Waals surface area (Å²) in [6.07, 6.45) is 2.97. The number of aromatic nitrogens is 1. The van der Waals surface area contributed by atoms with Gasteiger partial charge in [0.05, 0.1) is 5.60 Å². The summed E-state index contributed by atoms with van der Waals surface area (Å²) in [5.74, 6) is -1.28. The minimum absolute atomic E-state index is 0.107. The van der Waals surface area contributed by atoms with E-state index < -0.39 is 22.9 Å². The van der Waals surface area contributed by atoms with Crippen molar-refractivity contribution >= 4 is 17.6 Å². The van der Waals surface area contributed by atoms with Crippen LogP contribution in [0.25, 0.3) is 0 Å². The number of hydrogen-bond donors (Lipinski definition) is 1. The topological polar surface area (TPSA) is 73.7 Å². The van der Waals surface area contributed by atoms with Crippen LogP contribution in [0.3, 0.4) is 0 Å². The van der Waals surface area contributed by atoms with Gasteiger partial charge in [-0.2, -0.15) is 0 Å². The van der Waals surface area contributed by atoms with Crippen molar-refractivity contribution in [3.8, 4) is 0 Å². The zero-order valence-electron chi connectivity index (χ0n) is 17.1. The summed E-state index contributed by atoms with van der Waals surface area (Å²) in [5.41, 5.74) is 1.54. The van der Waals surface area contributed by atoms with Crippen molar-refractivity contribution in [1.29, 1.82) is 0 Å². The number of pyridine rings is 1. The Hall–Kier alpha value is -2.80. The fourth-order valence-corrected chi connectivity index (χ4v) is 5.40. The summed E-state index contributed by atoms with van der Waals surface area (Å²) >= 11 is 0. The molecule has 1 saturated heterocycles. The summed E-state index contributed by atoms with van der Waals surface area (Å²) in [5, 5.41) is 10.3. The molecule has 6 rings (SSSR count). The van der Waals surface area contributed by atoms with Gasteiger partial charge in [-0.1, -0.05) is 29.8 Å². The molecule has 1 aromatic heterocycles. The third-order valence-electron chi connectivity index (χ3n) is 6.74. The molecule has 7 heteroatoms. The maximum absolute atomic E-state index is 14.6. The van der Waals surface area contributed by atoms with E-state index in [4.69, 9.17) is 0 Å². The quantitative estimate of drug-likeness (QED) is 0.842. The SMILES string of the molecule is Cc1ccc(CN2C(=O)CN(c3ncc(C)cc3F)C(=O)C2C23CC(O)(C2)C3)cc1. The van der Waals surface area contributed by atoms with E-state index in [1.54, 1.807) is 11.8 Å². The monoisotopic (exact) mass is 409 g/mol. The lowest BCUT2D eigenvalue weighted by molar-refractivity contribution is -0.280. The highest BCUT2D eigenvalue weighted by molar-refractivity contribution is 6.06. The number of carbonyl (C=O) groups excluding carboxylic acids is 2. The summed E-state index contributed by atoms with van der Waals surface area (Å²) in [6, 6.07) is 8.44. The second-order valence-corrected chi connectivity index (χ2v) is 9.27. The predicted molar refractivity (Wildman–Crippen MR) is 108 cm³/mol. The molecule has 3 saturated carbocycles. The van der Waals surface area contributed by atoms with Gasteiger partial charge in [0.1, 0.15) is 12.6 Å². The summed E-state index contributed by atoms with van der Waals surface area (Å²) in [6.45, 7) is 3.78. The number of nitrogens with zero attached hydrogens (tertiary/aromatic N) is 3. The molecular weight excluding hydrogens is 385 g/mol. The third kappa shape index (κ3) is 2.83. The average Bonchev–Trinajstić information content (AvgIpc) is 2.64. The van der Waals surface area contributed by atoms with Crippen LogP contribution in [0, 0.1) is 25.1 Å². The maximum atomic E-state index is 14.6. The molecule has 1 aliphatic heterocycles. The van der Waals surface area contributed by atoms with Gasteiger partial charge in [0, 0.05) is 18.2 Å². The van der Waals surface area contributed by atoms with Crippen LogP contribution in [0.2, 0.25) is 0 Å². The van der Waals surface area contributed by atoms with Gasteiger partial charge in [0.2, 0.25) is 5.91 Å². The highest BCUT2D eigenvalue weighted by Crippen LogP contribution is 2.70. The van der Waals surface area contributed by atoms with E-state index in [9.17, 15) is 19.1 Å². The van der Waals surface area contributed by atoms with Crippen molar-refractivity contribution < 1.29 is 19.1 Å². The Morgan fingerprint density at radius 2 is 1.80 bits per heavy atom. The third-order valence-corrected chi connectivity index (χ3v) is 6.74. The highest BCUT2D eigenvalue weighted by Gasteiger charge is 2.73. The summed E-state index contributed by atoms with van der Waals surface area (Å²) in [4.78, 5) is 33.7. The van der Waals surface area contributed by atoms with Crippen LogP contribution < -0.4 is 4.90 Å². The molecule has 1 aromatic carbocycles. The maximum Gasteiger partial charge on any atom is 0.252 e. The molecule has 2 amide bonds. The molecule has 156 valence electrons. The molecule has 1 atom stereocenters. The molecule has 1 unspecified atom stereocenters. The lowest BCUT2D eigenvalue weighted by Crippen LogP contribution is -2.78. The van der Waals surface area contributed by atoms with Crippen molar-refractivity contribution in [3.05, 3.63) is 59.0 Å². The minimum Gasteiger partial charge on any atom is -0.390 e. The van der Waals surface area contributed by atoms with Crippen LogP contribution in [0.5, 0.6) is 0 Å². The van der Waals surface area contributed by atoms with Crippen LogP contribution in [-0.4, -0.2) is 45.0 Å². The first-order valence-electron chi connectivity index (χ1n) is 10.2. The second kappa shape index (κ2) is 6.35. The molecule has 2 aromatic rings. The fraction of sp³-hybridized carbons (Fsp3) is 0.435. The van der Waals surface area contributed by atoms with E-state index in [1.807, 2.05) is 31.2 Å². The van der Waals surface area contributed by atoms with E-state index in [-0.39, 0.29) is 24.2 Å². The lowest BCUT2D eigenvalue weighted by atomic mass is 9.38. The van der Waals surface area contributed by atoms with Crippen molar-refractivity contribution in [2.24, 2.45) is 5.41 Å². The molecule has 4 fully saturated rings. The van der Waals surface area contributed by atoms with Gasteiger partial charge in [0.25, 0.3) is 5.91 Å². The van der Waals surface area contributed by atoms with Crippen molar-refractivity contribution in [1.82, 2.24) is 9.88 Å². The van der Waals surface area contributed by atoms with Crippen LogP contribution in [-0.2, 0) is 16.1 Å². The lowest BCUT2D eigenvalue weighted by Gasteiger charge is -2.71. The van der Waals surface area contributed by atoms with Gasteiger partial charge in [-0.3, -0.25) is 14.5 Å². The molecular formula is C23H24FN3O3. The van der Waals surface area contributed by atoms with Crippen LogP contribution in [0.1, 0.15) is 36.0 Å². The van der Waals surface area contributed by atoms with E-state index in [0.717, 1.165) is 11.1 Å². The number of carbonyl (C=O) groups is 2.